The molecule has 1 unspecified atom stereocenters. The van der Waals surface area contributed by atoms with E-state index >= 15 is 0 Å². The largest absolute Gasteiger partial charge is 0.369 e. The molecule has 3 nitrogen and oxygen atoms in total. The van der Waals surface area contributed by atoms with Crippen LogP contribution in [0.1, 0.15) is 12.0 Å². The summed E-state index contributed by atoms with van der Waals surface area (Å²) in [7, 11) is 0. The molecule has 18 heavy (non-hydrogen) atoms. The second kappa shape index (κ2) is 4.94. The molecular formula is C15H19N3. The van der Waals surface area contributed by atoms with Gasteiger partial charge in [0.1, 0.15) is 5.82 Å². The maximum atomic E-state index is 4.50. The predicted octanol–water partition coefficient (Wildman–Crippen LogP) is 2.56. The van der Waals surface area contributed by atoms with E-state index in [0.29, 0.717) is 0 Å². The monoisotopic (exact) mass is 241 g/mol. The summed E-state index contributed by atoms with van der Waals surface area (Å²) < 4.78 is 0. The van der Waals surface area contributed by atoms with E-state index in [-0.39, 0.29) is 0 Å². The Hall–Kier alpha value is -1.61. The van der Waals surface area contributed by atoms with Crippen LogP contribution in [0.5, 0.6) is 0 Å². The van der Waals surface area contributed by atoms with Gasteiger partial charge in [-0.05, 0) is 49.4 Å². The zero-order chi connectivity index (χ0) is 12.4. The van der Waals surface area contributed by atoms with Crippen molar-refractivity contribution in [1.29, 1.82) is 0 Å². The minimum absolute atomic E-state index is 0.728. The van der Waals surface area contributed by atoms with Crippen molar-refractivity contribution in [3.8, 4) is 0 Å². The first-order valence-corrected chi connectivity index (χ1v) is 6.63. The minimum atomic E-state index is 0.728. The van der Waals surface area contributed by atoms with E-state index in [1.54, 1.807) is 0 Å². The van der Waals surface area contributed by atoms with Gasteiger partial charge in [-0.25, -0.2) is 4.98 Å². The van der Waals surface area contributed by atoms with Crippen LogP contribution in [0.3, 0.4) is 0 Å². The van der Waals surface area contributed by atoms with Crippen LogP contribution < -0.4 is 10.6 Å². The van der Waals surface area contributed by atoms with Gasteiger partial charge in [-0.15, -0.1) is 0 Å². The minimum Gasteiger partial charge on any atom is -0.369 e. The Morgan fingerprint density at radius 2 is 2.33 bits per heavy atom. The predicted molar refractivity (Wildman–Crippen MR) is 75.9 cm³/mol. The topological polar surface area (TPSA) is 37.0 Å². The van der Waals surface area contributed by atoms with Crippen LogP contribution in [0.25, 0.3) is 10.8 Å². The van der Waals surface area contributed by atoms with E-state index in [2.05, 4.69) is 46.8 Å². The summed E-state index contributed by atoms with van der Waals surface area (Å²) in [6.45, 7) is 5.42. The average Bonchev–Trinajstić information content (AvgIpc) is 2.89. The number of fused-ring (bicyclic) bond motifs is 1. The van der Waals surface area contributed by atoms with Gasteiger partial charge in [-0.3, -0.25) is 0 Å². The summed E-state index contributed by atoms with van der Waals surface area (Å²) in [5, 5.41) is 9.43. The number of pyridine rings is 1. The Morgan fingerprint density at radius 3 is 3.17 bits per heavy atom. The van der Waals surface area contributed by atoms with Crippen LogP contribution in [0.4, 0.5) is 5.82 Å². The highest BCUT2D eigenvalue weighted by Crippen LogP contribution is 2.24. The van der Waals surface area contributed by atoms with Gasteiger partial charge in [0, 0.05) is 18.1 Å². The number of aromatic nitrogens is 1. The van der Waals surface area contributed by atoms with Crippen molar-refractivity contribution < 1.29 is 0 Å². The zero-order valence-electron chi connectivity index (χ0n) is 10.7. The number of nitrogens with one attached hydrogen (secondary N) is 2. The second-order valence-corrected chi connectivity index (χ2v) is 5.07. The summed E-state index contributed by atoms with van der Waals surface area (Å²) in [6, 6.07) is 8.46. The average molecular weight is 241 g/mol. The van der Waals surface area contributed by atoms with Crippen molar-refractivity contribution in [3.05, 3.63) is 36.0 Å². The summed E-state index contributed by atoms with van der Waals surface area (Å²) in [5.74, 6) is 1.75. The lowest BCUT2D eigenvalue weighted by molar-refractivity contribution is 0.614. The van der Waals surface area contributed by atoms with Crippen molar-refractivity contribution in [2.75, 3.05) is 25.0 Å². The molecule has 0 amide bonds. The summed E-state index contributed by atoms with van der Waals surface area (Å²) in [6.07, 6.45) is 3.15. The normalized spacial score (nSPS) is 19.3. The van der Waals surface area contributed by atoms with Gasteiger partial charge in [0.15, 0.2) is 0 Å². The van der Waals surface area contributed by atoms with E-state index in [4.69, 9.17) is 0 Å². The Bertz CT molecular complexity index is 539. The number of anilines is 1. The summed E-state index contributed by atoms with van der Waals surface area (Å²) in [4.78, 5) is 4.50. The smallest absolute Gasteiger partial charge is 0.134 e. The molecule has 1 aliphatic rings. The lowest BCUT2D eigenvalue weighted by Gasteiger charge is -2.13. The summed E-state index contributed by atoms with van der Waals surface area (Å²) >= 11 is 0. The van der Waals surface area contributed by atoms with Crippen molar-refractivity contribution in [2.45, 2.75) is 13.3 Å². The van der Waals surface area contributed by atoms with Crippen molar-refractivity contribution >= 4 is 16.6 Å². The number of rotatable bonds is 3. The Balaban J connectivity index is 1.86. The molecular weight excluding hydrogens is 222 g/mol. The number of aryl methyl sites for hydroxylation is 1. The van der Waals surface area contributed by atoms with Crippen LogP contribution in [0.15, 0.2) is 30.5 Å². The lowest BCUT2D eigenvalue weighted by atomic mass is 10.1. The highest BCUT2D eigenvalue weighted by atomic mass is 15.0. The van der Waals surface area contributed by atoms with Crippen LogP contribution in [0.2, 0.25) is 0 Å². The summed E-state index contributed by atoms with van der Waals surface area (Å²) in [5.41, 5.74) is 1.28. The SMILES string of the molecule is Cc1cccc2ccnc(NCC3CCNC3)c12. The molecule has 1 aliphatic heterocycles. The van der Waals surface area contributed by atoms with Gasteiger partial charge in [0.2, 0.25) is 0 Å². The van der Waals surface area contributed by atoms with Gasteiger partial charge >= 0.3 is 0 Å². The fourth-order valence-corrected chi connectivity index (χ4v) is 2.67. The third kappa shape index (κ3) is 2.18. The molecule has 1 aromatic heterocycles. The van der Waals surface area contributed by atoms with Gasteiger partial charge in [0.05, 0.1) is 0 Å². The molecule has 2 aromatic rings. The number of hydrogen-bond donors (Lipinski definition) is 2. The molecule has 1 saturated heterocycles. The maximum Gasteiger partial charge on any atom is 0.134 e. The van der Waals surface area contributed by atoms with E-state index in [1.807, 2.05) is 6.20 Å². The molecule has 2 N–H and O–H groups in total. The second-order valence-electron chi connectivity index (χ2n) is 5.07. The Kier molecular flexibility index (Phi) is 3.15. The van der Waals surface area contributed by atoms with Gasteiger partial charge in [0.25, 0.3) is 0 Å². The molecule has 2 heterocycles. The molecule has 1 aromatic carbocycles. The third-order valence-corrected chi connectivity index (χ3v) is 3.72. The van der Waals surface area contributed by atoms with Gasteiger partial charge < -0.3 is 10.6 Å². The van der Waals surface area contributed by atoms with Gasteiger partial charge in [-0.2, -0.15) is 0 Å². The fourth-order valence-electron chi connectivity index (χ4n) is 2.67. The first-order valence-electron chi connectivity index (χ1n) is 6.63. The maximum absolute atomic E-state index is 4.50. The Labute approximate surface area is 108 Å². The highest BCUT2D eigenvalue weighted by molar-refractivity contribution is 5.94. The Morgan fingerprint density at radius 1 is 1.39 bits per heavy atom. The van der Waals surface area contributed by atoms with Crippen molar-refractivity contribution in [2.24, 2.45) is 5.92 Å². The molecule has 1 atom stereocenters. The van der Waals surface area contributed by atoms with Crippen molar-refractivity contribution in [1.82, 2.24) is 10.3 Å². The molecule has 94 valence electrons. The first kappa shape index (κ1) is 11.5. The third-order valence-electron chi connectivity index (χ3n) is 3.72. The molecule has 3 rings (SSSR count). The van der Waals surface area contributed by atoms with Crippen LogP contribution in [0, 0.1) is 12.8 Å². The molecule has 0 radical (unpaired) electrons. The lowest BCUT2D eigenvalue weighted by Crippen LogP contribution is -2.17. The molecule has 0 aliphatic carbocycles. The van der Waals surface area contributed by atoms with E-state index in [1.165, 1.54) is 22.8 Å². The quantitative estimate of drug-likeness (QED) is 0.867. The van der Waals surface area contributed by atoms with Gasteiger partial charge in [-0.1, -0.05) is 18.2 Å². The van der Waals surface area contributed by atoms with E-state index < -0.39 is 0 Å². The van der Waals surface area contributed by atoms with Crippen molar-refractivity contribution in [3.63, 3.8) is 0 Å². The fraction of sp³-hybridized carbons (Fsp3) is 0.400. The number of nitrogens with zero attached hydrogens (tertiary/aromatic N) is 1. The van der Waals surface area contributed by atoms with Crippen LogP contribution in [-0.4, -0.2) is 24.6 Å². The highest BCUT2D eigenvalue weighted by Gasteiger charge is 2.14. The van der Waals surface area contributed by atoms with Crippen LogP contribution >= 0.6 is 0 Å². The van der Waals surface area contributed by atoms with Crippen LogP contribution in [-0.2, 0) is 0 Å². The molecule has 0 spiro atoms. The first-order chi connectivity index (χ1) is 8.84. The molecule has 0 bridgehead atoms. The molecule has 3 heteroatoms. The number of hydrogen-bond acceptors (Lipinski definition) is 3. The molecule has 1 fully saturated rings. The molecule has 0 saturated carbocycles. The van der Waals surface area contributed by atoms with E-state index in [9.17, 15) is 0 Å². The van der Waals surface area contributed by atoms with E-state index in [0.717, 1.165) is 31.4 Å². The number of benzene rings is 1. The standard InChI is InChI=1S/C15H19N3/c1-11-3-2-4-13-6-8-17-15(14(11)13)18-10-12-5-7-16-9-12/h2-4,6,8,12,16H,5,7,9-10H2,1H3,(H,17,18). The zero-order valence-corrected chi connectivity index (χ0v) is 10.7.